The van der Waals surface area contributed by atoms with Gasteiger partial charge in [0.2, 0.25) is 0 Å². The van der Waals surface area contributed by atoms with Crippen LogP contribution in [0.15, 0.2) is 291 Å². The number of alkyl halides is 4. The van der Waals surface area contributed by atoms with Crippen LogP contribution in [0.2, 0.25) is 5.02 Å². The molecule has 1 aliphatic heterocycles. The molecule has 17 rings (SSSR count). The number of hydrogen-bond acceptors (Lipinski definition) is 6. The maximum absolute atomic E-state index is 15.4. The minimum atomic E-state index is -3.02. The highest BCUT2D eigenvalue weighted by molar-refractivity contribution is 6.61. The van der Waals surface area contributed by atoms with Crippen LogP contribution in [0.1, 0.15) is 49.9 Å². The molecule has 0 unspecified atom stereocenters. The van der Waals surface area contributed by atoms with Gasteiger partial charge in [-0.15, -0.1) is 0 Å². The average molecular weight is 1280 g/mol. The first-order chi connectivity index (χ1) is 46.4. The summed E-state index contributed by atoms with van der Waals surface area (Å²) in [5, 5.41) is 4.78. The van der Waals surface area contributed by atoms with Gasteiger partial charge in [0.05, 0.1) is 33.9 Å². The molecule has 0 atom stereocenters. The highest BCUT2D eigenvalue weighted by Crippen LogP contribution is 2.53. The zero-order valence-electron chi connectivity index (χ0n) is 52.8. The van der Waals surface area contributed by atoms with Crippen molar-refractivity contribution in [3.63, 3.8) is 0 Å². The SMILES string of the molecule is CC1(C)OB(c2cc(-c3ccccc3)nc(-c3ccccc3)n2)OC1(C)C.FC1(F)c2ccccc2-c2ccc(-c3ccc4ccc(-c5cc(-c6ccccc6)nc(-c6ccccc6)n5)cc4c3)cc21.FC1(F)c2ccccc2-c2ccc(-c3ccc4ccc(Cl)cc4c3)cc21. The average Bonchev–Trinajstić information content (AvgIpc) is 1.58. The third kappa shape index (κ3) is 11.6. The molecule has 1 fully saturated rings. The highest BCUT2D eigenvalue weighted by Gasteiger charge is 2.53. The minimum absolute atomic E-state index is 0.0583. The Bertz CT molecular complexity index is 5160. The number of rotatable bonds is 8. The quantitative estimate of drug-likeness (QED) is 0.112. The van der Waals surface area contributed by atoms with Crippen molar-refractivity contribution in [2.24, 2.45) is 0 Å². The number of halogens is 5. The number of benzene rings is 12. The first-order valence-corrected chi connectivity index (χ1v) is 32.2. The number of aromatic nitrogens is 4. The fourth-order valence-corrected chi connectivity index (χ4v) is 13.0. The second-order valence-electron chi connectivity index (χ2n) is 25.3. The standard InChI is InChI=1S/C39H24F2N2.C23H13ClF2.C22H23BN2O2/c40-39(41)34-14-8-7-13-32(34)33-20-19-29(23-35(33)39)28-17-15-25-16-18-30(22-31(25)21-28)37-24-36(26-9-3-1-4-10-26)42-38(43-37)27-11-5-2-6-12-27;24-18-9-7-14-5-6-15(11-17(14)12-18)16-8-10-20-19-3-1-2-4-21(19)23(25,26)22(20)13-16;1-21(2)22(3,4)27-23(26-21)19-15-18(16-11-7-5-8-12-16)24-20(25-19)17-13-9-6-10-14-17/h1-24H;1-13H;5-15H,1-4H3. The van der Waals surface area contributed by atoms with E-state index in [-0.39, 0.29) is 22.3 Å². The van der Waals surface area contributed by atoms with Crippen LogP contribution in [0.3, 0.4) is 0 Å². The first kappa shape index (κ1) is 61.5. The summed E-state index contributed by atoms with van der Waals surface area (Å²) < 4.78 is 73.1. The lowest BCUT2D eigenvalue weighted by Gasteiger charge is -2.32. The predicted molar refractivity (Wildman–Crippen MR) is 381 cm³/mol. The molecule has 14 aromatic rings. The second-order valence-corrected chi connectivity index (χ2v) is 25.7. The van der Waals surface area contributed by atoms with Gasteiger partial charge < -0.3 is 9.31 Å². The lowest BCUT2D eigenvalue weighted by Crippen LogP contribution is -2.41. The lowest BCUT2D eigenvalue weighted by atomic mass is 9.83. The molecular weight excluding hydrogens is 1220 g/mol. The van der Waals surface area contributed by atoms with Crippen LogP contribution >= 0.6 is 11.6 Å². The highest BCUT2D eigenvalue weighted by atomic mass is 35.5. The lowest BCUT2D eigenvalue weighted by molar-refractivity contribution is 0.00578. The Morgan fingerprint density at radius 1 is 0.292 bits per heavy atom. The Kier molecular flexibility index (Phi) is 15.7. The molecule has 0 bridgehead atoms. The smallest absolute Gasteiger partial charge is 0.398 e. The molecule has 0 N–H and O–H groups in total. The van der Waals surface area contributed by atoms with E-state index in [9.17, 15) is 8.78 Å². The van der Waals surface area contributed by atoms with Crippen molar-refractivity contribution in [1.82, 2.24) is 19.9 Å². The van der Waals surface area contributed by atoms with Crippen molar-refractivity contribution in [3.05, 3.63) is 318 Å². The minimum Gasteiger partial charge on any atom is -0.398 e. The largest absolute Gasteiger partial charge is 0.514 e. The summed E-state index contributed by atoms with van der Waals surface area (Å²) in [6.45, 7) is 8.18. The molecule has 2 aliphatic carbocycles. The molecule has 12 aromatic carbocycles. The van der Waals surface area contributed by atoms with E-state index in [0.29, 0.717) is 38.9 Å². The molecule has 0 amide bonds. The van der Waals surface area contributed by atoms with Gasteiger partial charge in [0.25, 0.3) is 11.8 Å². The number of nitrogens with zero attached hydrogens (tertiary/aromatic N) is 4. The van der Waals surface area contributed by atoms with Gasteiger partial charge in [-0.2, -0.15) is 17.6 Å². The zero-order chi connectivity index (χ0) is 65.9. The van der Waals surface area contributed by atoms with Crippen LogP contribution in [0.5, 0.6) is 0 Å². The van der Waals surface area contributed by atoms with E-state index in [4.69, 9.17) is 40.8 Å². The molecule has 0 saturated carbocycles. The van der Waals surface area contributed by atoms with Crippen LogP contribution in [-0.2, 0) is 21.2 Å². The normalized spacial score (nSPS) is 14.7. The van der Waals surface area contributed by atoms with E-state index in [1.165, 1.54) is 12.1 Å². The molecular formula is C84H60BClF4N4O2. The van der Waals surface area contributed by atoms with E-state index in [1.54, 1.807) is 48.5 Å². The van der Waals surface area contributed by atoms with Crippen molar-refractivity contribution in [2.75, 3.05) is 0 Å². The number of fused-ring (bicyclic) bond motifs is 8. The van der Waals surface area contributed by atoms with Gasteiger partial charge >= 0.3 is 7.12 Å². The molecule has 466 valence electrons. The van der Waals surface area contributed by atoms with Crippen LogP contribution in [0, 0.1) is 0 Å². The van der Waals surface area contributed by atoms with Gasteiger partial charge in [0, 0.05) is 55.1 Å². The summed E-state index contributed by atoms with van der Waals surface area (Å²) in [6, 6.07) is 92.3. The summed E-state index contributed by atoms with van der Waals surface area (Å²) in [7, 11) is -0.525. The fraction of sp³-hybridized carbons (Fsp3) is 0.0952. The maximum Gasteiger partial charge on any atom is 0.514 e. The summed E-state index contributed by atoms with van der Waals surface area (Å²) in [6.07, 6.45) is 0. The Morgan fingerprint density at radius 3 is 1.11 bits per heavy atom. The molecule has 3 aliphatic rings. The van der Waals surface area contributed by atoms with Gasteiger partial charge in [-0.1, -0.05) is 248 Å². The van der Waals surface area contributed by atoms with E-state index in [0.717, 1.165) is 94.3 Å². The molecule has 3 heterocycles. The number of hydrogen-bond donors (Lipinski definition) is 0. The third-order valence-corrected chi connectivity index (χ3v) is 18.8. The summed E-state index contributed by atoms with van der Waals surface area (Å²) in [5.41, 5.74) is 13.4. The van der Waals surface area contributed by atoms with Gasteiger partial charge in [-0.05, 0) is 148 Å². The van der Waals surface area contributed by atoms with Crippen molar-refractivity contribution in [3.8, 4) is 101 Å². The van der Waals surface area contributed by atoms with Crippen molar-refractivity contribution in [1.29, 1.82) is 0 Å². The van der Waals surface area contributed by atoms with E-state index in [1.807, 2.05) is 234 Å². The van der Waals surface area contributed by atoms with E-state index < -0.39 is 30.2 Å². The summed E-state index contributed by atoms with van der Waals surface area (Å²) in [5.74, 6) is -4.67. The zero-order valence-corrected chi connectivity index (χ0v) is 53.5. The maximum atomic E-state index is 15.4. The Balaban J connectivity index is 0.000000124. The molecule has 2 aromatic heterocycles. The van der Waals surface area contributed by atoms with Crippen LogP contribution < -0.4 is 5.59 Å². The van der Waals surface area contributed by atoms with Crippen LogP contribution in [-0.4, -0.2) is 38.3 Å². The monoisotopic (exact) mass is 1280 g/mol. The van der Waals surface area contributed by atoms with E-state index in [2.05, 4.69) is 24.3 Å². The van der Waals surface area contributed by atoms with Crippen LogP contribution in [0.25, 0.3) is 123 Å². The Labute approximate surface area is 559 Å². The second kappa shape index (κ2) is 24.6. The van der Waals surface area contributed by atoms with Gasteiger partial charge in [-0.25, -0.2) is 19.9 Å². The summed E-state index contributed by atoms with van der Waals surface area (Å²) >= 11 is 6.08. The molecule has 1 saturated heterocycles. The molecule has 0 spiro atoms. The Hall–Kier alpha value is -10.7. The molecule has 6 nitrogen and oxygen atoms in total. The molecule has 96 heavy (non-hydrogen) atoms. The van der Waals surface area contributed by atoms with Gasteiger partial charge in [-0.3, -0.25) is 0 Å². The summed E-state index contributed by atoms with van der Waals surface area (Å²) in [4.78, 5) is 19.4. The van der Waals surface area contributed by atoms with Crippen LogP contribution in [0.4, 0.5) is 17.6 Å². The van der Waals surface area contributed by atoms with Gasteiger partial charge in [0.15, 0.2) is 11.6 Å². The fourth-order valence-electron chi connectivity index (χ4n) is 12.8. The van der Waals surface area contributed by atoms with Gasteiger partial charge in [0.1, 0.15) is 0 Å². The molecule has 0 radical (unpaired) electrons. The predicted octanol–water partition coefficient (Wildman–Crippen LogP) is 21.8. The topological polar surface area (TPSA) is 70.0 Å². The van der Waals surface area contributed by atoms with Crippen molar-refractivity contribution >= 4 is 45.9 Å². The third-order valence-electron chi connectivity index (χ3n) is 18.6. The van der Waals surface area contributed by atoms with E-state index >= 15 is 8.78 Å². The van der Waals surface area contributed by atoms with Crippen molar-refractivity contribution in [2.45, 2.75) is 50.7 Å². The molecule has 12 heteroatoms. The first-order valence-electron chi connectivity index (χ1n) is 31.8. The van der Waals surface area contributed by atoms with Crippen molar-refractivity contribution < 1.29 is 26.9 Å². The Morgan fingerprint density at radius 2 is 0.635 bits per heavy atom.